The summed E-state index contributed by atoms with van der Waals surface area (Å²) in [6, 6.07) is 1.31. The number of fused-ring (bicyclic) bond motifs is 1. The van der Waals surface area contributed by atoms with Crippen molar-refractivity contribution >= 4 is 0 Å². The van der Waals surface area contributed by atoms with E-state index in [1.165, 1.54) is 32.1 Å². The molecule has 0 amide bonds. The molecule has 1 heterocycles. The van der Waals surface area contributed by atoms with Crippen LogP contribution >= 0.6 is 0 Å². The third-order valence-corrected chi connectivity index (χ3v) is 4.39. The maximum absolute atomic E-state index is 3.77. The van der Waals surface area contributed by atoms with Gasteiger partial charge in [-0.2, -0.15) is 0 Å². The van der Waals surface area contributed by atoms with E-state index >= 15 is 0 Å². The summed E-state index contributed by atoms with van der Waals surface area (Å²) in [5, 5.41) is 18.0. The first-order chi connectivity index (χ1) is 9.97. The van der Waals surface area contributed by atoms with Gasteiger partial charge in [-0.3, -0.25) is 0 Å². The molecule has 0 aromatic rings. The average molecular weight is 283 g/mol. The molecule has 0 radical (unpaired) electrons. The largest absolute Gasteiger partial charge is 0.314 e. The van der Waals surface area contributed by atoms with E-state index in [2.05, 4.69) is 26.6 Å². The van der Waals surface area contributed by atoms with Crippen LogP contribution in [0.1, 0.15) is 32.1 Å². The normalized spacial score (nSPS) is 32.4. The SMILES string of the molecule is C1CC[C@H]2NCCNCCNCCNCCN[C@@H]2CC1. The van der Waals surface area contributed by atoms with Gasteiger partial charge in [0, 0.05) is 64.4 Å². The van der Waals surface area contributed by atoms with Gasteiger partial charge in [0.15, 0.2) is 0 Å². The highest BCUT2D eigenvalue weighted by molar-refractivity contribution is 4.85. The zero-order chi connectivity index (χ0) is 13.9. The summed E-state index contributed by atoms with van der Waals surface area (Å²) in [4.78, 5) is 0. The topological polar surface area (TPSA) is 60.1 Å². The highest BCUT2D eigenvalue weighted by atomic mass is 15.1. The molecule has 2 fully saturated rings. The standard InChI is InChI=1S/C15H33N5/c1-2-4-14-15(5-3-1)20-13-11-18-9-7-16-6-8-17-10-12-19-14/h14-20H,1-13H2/t14-,15-/m1/s1. The van der Waals surface area contributed by atoms with E-state index in [0.29, 0.717) is 12.1 Å². The Kier molecular flexibility index (Phi) is 8.50. The molecule has 2 aliphatic rings. The van der Waals surface area contributed by atoms with Crippen molar-refractivity contribution in [3.63, 3.8) is 0 Å². The number of hydrogen-bond donors (Lipinski definition) is 5. The molecular weight excluding hydrogens is 250 g/mol. The Morgan fingerprint density at radius 3 is 1.30 bits per heavy atom. The predicted molar refractivity (Wildman–Crippen MR) is 85.3 cm³/mol. The number of hydrogen-bond acceptors (Lipinski definition) is 5. The molecule has 2 rings (SSSR count). The van der Waals surface area contributed by atoms with Crippen molar-refractivity contribution in [3.05, 3.63) is 0 Å². The van der Waals surface area contributed by atoms with Crippen molar-refractivity contribution in [1.29, 1.82) is 0 Å². The second kappa shape index (κ2) is 10.5. The van der Waals surface area contributed by atoms with Gasteiger partial charge in [0.2, 0.25) is 0 Å². The van der Waals surface area contributed by atoms with Gasteiger partial charge in [-0.25, -0.2) is 0 Å². The zero-order valence-electron chi connectivity index (χ0n) is 12.8. The number of nitrogens with one attached hydrogen (secondary N) is 5. The van der Waals surface area contributed by atoms with Crippen LogP contribution in [0, 0.1) is 0 Å². The van der Waals surface area contributed by atoms with Gasteiger partial charge in [-0.05, 0) is 12.8 Å². The van der Waals surface area contributed by atoms with Crippen LogP contribution in [0.4, 0.5) is 0 Å². The van der Waals surface area contributed by atoms with Crippen LogP contribution in [-0.4, -0.2) is 64.4 Å². The Hall–Kier alpha value is -0.200. The van der Waals surface area contributed by atoms with Gasteiger partial charge in [0.05, 0.1) is 0 Å². The molecule has 5 nitrogen and oxygen atoms in total. The van der Waals surface area contributed by atoms with Crippen LogP contribution in [0.25, 0.3) is 0 Å². The fourth-order valence-electron chi connectivity index (χ4n) is 3.22. The number of rotatable bonds is 0. The van der Waals surface area contributed by atoms with Gasteiger partial charge in [-0.1, -0.05) is 19.3 Å². The minimum absolute atomic E-state index is 0.655. The molecule has 0 aromatic carbocycles. The third-order valence-electron chi connectivity index (χ3n) is 4.39. The molecule has 5 heteroatoms. The van der Waals surface area contributed by atoms with Gasteiger partial charge in [0.25, 0.3) is 0 Å². The summed E-state index contributed by atoms with van der Waals surface area (Å²) in [7, 11) is 0. The molecule has 1 saturated heterocycles. The molecule has 1 saturated carbocycles. The first-order valence-electron chi connectivity index (χ1n) is 8.56. The van der Waals surface area contributed by atoms with E-state index in [4.69, 9.17) is 0 Å². The van der Waals surface area contributed by atoms with Crippen molar-refractivity contribution in [2.75, 3.05) is 52.4 Å². The molecule has 118 valence electrons. The van der Waals surface area contributed by atoms with Gasteiger partial charge < -0.3 is 26.6 Å². The Morgan fingerprint density at radius 2 is 0.850 bits per heavy atom. The zero-order valence-corrected chi connectivity index (χ0v) is 12.8. The maximum Gasteiger partial charge on any atom is 0.0221 e. The van der Waals surface area contributed by atoms with E-state index in [1.54, 1.807) is 0 Å². The lowest BCUT2D eigenvalue weighted by atomic mass is 10.0. The Labute approximate surface area is 124 Å². The van der Waals surface area contributed by atoms with E-state index in [-0.39, 0.29) is 0 Å². The Bertz CT molecular complexity index is 214. The molecule has 1 aliphatic heterocycles. The van der Waals surface area contributed by atoms with Crippen molar-refractivity contribution in [2.24, 2.45) is 0 Å². The van der Waals surface area contributed by atoms with Crippen molar-refractivity contribution in [2.45, 2.75) is 44.2 Å². The second-order valence-corrected chi connectivity index (χ2v) is 6.01. The summed E-state index contributed by atoms with van der Waals surface area (Å²) < 4.78 is 0. The first-order valence-corrected chi connectivity index (χ1v) is 8.56. The summed E-state index contributed by atoms with van der Waals surface area (Å²) in [6.45, 7) is 8.56. The molecule has 0 aromatic heterocycles. The summed E-state index contributed by atoms with van der Waals surface area (Å²) in [6.07, 6.45) is 6.81. The first kappa shape index (κ1) is 16.2. The Balaban J connectivity index is 1.78. The van der Waals surface area contributed by atoms with Crippen LogP contribution in [0.3, 0.4) is 0 Å². The molecule has 0 spiro atoms. The summed E-state index contributed by atoms with van der Waals surface area (Å²) >= 11 is 0. The molecular formula is C15H33N5. The molecule has 20 heavy (non-hydrogen) atoms. The van der Waals surface area contributed by atoms with Crippen molar-refractivity contribution in [1.82, 2.24) is 26.6 Å². The van der Waals surface area contributed by atoms with Crippen LogP contribution in [0.5, 0.6) is 0 Å². The van der Waals surface area contributed by atoms with E-state index < -0.39 is 0 Å². The lowest BCUT2D eigenvalue weighted by molar-refractivity contribution is 0.351. The van der Waals surface area contributed by atoms with Crippen LogP contribution < -0.4 is 26.6 Å². The minimum Gasteiger partial charge on any atom is -0.314 e. The van der Waals surface area contributed by atoms with Crippen LogP contribution in [0.2, 0.25) is 0 Å². The summed E-state index contributed by atoms with van der Waals surface area (Å²) in [5.41, 5.74) is 0. The lowest BCUT2D eigenvalue weighted by Crippen LogP contribution is -2.50. The molecule has 0 unspecified atom stereocenters. The minimum atomic E-state index is 0.655. The molecule has 1 aliphatic carbocycles. The second-order valence-electron chi connectivity index (χ2n) is 6.01. The molecule has 0 bridgehead atoms. The average Bonchev–Trinajstić information content (AvgIpc) is 2.69. The Morgan fingerprint density at radius 1 is 0.450 bits per heavy atom. The molecule has 2 atom stereocenters. The fraction of sp³-hybridized carbons (Fsp3) is 1.00. The maximum atomic E-state index is 3.77. The quantitative estimate of drug-likeness (QED) is 0.421. The van der Waals surface area contributed by atoms with Crippen LogP contribution in [0.15, 0.2) is 0 Å². The van der Waals surface area contributed by atoms with Gasteiger partial charge in [0.1, 0.15) is 0 Å². The van der Waals surface area contributed by atoms with Gasteiger partial charge >= 0.3 is 0 Å². The van der Waals surface area contributed by atoms with E-state index in [1.807, 2.05) is 0 Å². The third kappa shape index (κ3) is 6.50. The van der Waals surface area contributed by atoms with Crippen molar-refractivity contribution in [3.8, 4) is 0 Å². The predicted octanol–water partition coefficient (Wildman–Crippen LogP) is -0.351. The van der Waals surface area contributed by atoms with Gasteiger partial charge in [-0.15, -0.1) is 0 Å². The van der Waals surface area contributed by atoms with E-state index in [9.17, 15) is 0 Å². The fourth-order valence-corrected chi connectivity index (χ4v) is 3.22. The smallest absolute Gasteiger partial charge is 0.0221 e. The monoisotopic (exact) mass is 283 g/mol. The highest BCUT2D eigenvalue weighted by Crippen LogP contribution is 2.18. The van der Waals surface area contributed by atoms with Crippen molar-refractivity contribution < 1.29 is 0 Å². The summed E-state index contributed by atoms with van der Waals surface area (Å²) in [5.74, 6) is 0. The highest BCUT2D eigenvalue weighted by Gasteiger charge is 2.22. The van der Waals surface area contributed by atoms with E-state index in [0.717, 1.165) is 52.4 Å². The molecule has 5 N–H and O–H groups in total. The lowest BCUT2D eigenvalue weighted by Gasteiger charge is -2.27. The van der Waals surface area contributed by atoms with Crippen LogP contribution in [-0.2, 0) is 0 Å².